The first-order valence-corrected chi connectivity index (χ1v) is 12.8. The Hall–Kier alpha value is -3.91. The maximum atomic E-state index is 12.3. The Morgan fingerprint density at radius 3 is 2.75 bits per heavy atom. The molecule has 1 aliphatic rings. The molecule has 0 saturated heterocycles. The minimum absolute atomic E-state index is 0.160. The number of carbonyl (C=O) groups is 2. The maximum absolute atomic E-state index is 12.3. The molecule has 0 bridgehead atoms. The number of nitrogens with zero attached hydrogens (tertiary/aromatic N) is 2. The van der Waals surface area contributed by atoms with Crippen molar-refractivity contribution in [1.82, 2.24) is 9.99 Å². The lowest BCUT2D eigenvalue weighted by Crippen LogP contribution is -2.24. The monoisotopic (exact) mass is 501 g/mol. The van der Waals surface area contributed by atoms with E-state index in [1.807, 2.05) is 66.9 Å². The van der Waals surface area contributed by atoms with Crippen molar-refractivity contribution in [2.45, 2.75) is 39.5 Å². The highest BCUT2D eigenvalue weighted by molar-refractivity contribution is 7.15. The SMILES string of the molecule is Cc1cc(/C=N/NC(=O)COc2cccc3ccccc23)c(C)n1-c1sc2c(c1C(=O)O)CCCC2. The molecule has 8 heteroatoms. The summed E-state index contributed by atoms with van der Waals surface area (Å²) in [6.07, 6.45) is 5.45. The molecule has 2 aromatic heterocycles. The Morgan fingerprint density at radius 2 is 1.92 bits per heavy atom. The van der Waals surface area contributed by atoms with E-state index in [-0.39, 0.29) is 12.5 Å². The number of aryl methyl sites for hydroxylation is 2. The van der Waals surface area contributed by atoms with Crippen LogP contribution in [0.5, 0.6) is 5.75 Å². The van der Waals surface area contributed by atoms with Crippen LogP contribution < -0.4 is 10.2 Å². The van der Waals surface area contributed by atoms with Crippen LogP contribution in [-0.4, -0.2) is 34.4 Å². The fourth-order valence-electron chi connectivity index (χ4n) is 4.83. The molecule has 184 valence electrons. The van der Waals surface area contributed by atoms with Crippen LogP contribution in [0.1, 0.15) is 50.6 Å². The third-order valence-corrected chi connectivity index (χ3v) is 7.82. The van der Waals surface area contributed by atoms with E-state index in [1.165, 1.54) is 4.88 Å². The van der Waals surface area contributed by atoms with Gasteiger partial charge in [-0.15, -0.1) is 11.3 Å². The van der Waals surface area contributed by atoms with Gasteiger partial charge in [-0.2, -0.15) is 5.10 Å². The molecule has 0 fully saturated rings. The summed E-state index contributed by atoms with van der Waals surface area (Å²) < 4.78 is 7.71. The molecule has 4 aromatic rings. The molecule has 0 radical (unpaired) electrons. The number of nitrogens with one attached hydrogen (secondary N) is 1. The zero-order valence-electron chi connectivity index (χ0n) is 20.2. The molecule has 2 N–H and O–H groups in total. The second kappa shape index (κ2) is 9.99. The number of rotatable bonds is 7. The van der Waals surface area contributed by atoms with Gasteiger partial charge in [-0.05, 0) is 62.6 Å². The number of carboxylic acids is 1. The van der Waals surface area contributed by atoms with Gasteiger partial charge < -0.3 is 14.4 Å². The van der Waals surface area contributed by atoms with Crippen LogP contribution in [-0.2, 0) is 17.6 Å². The minimum atomic E-state index is -0.884. The number of hydrogen-bond acceptors (Lipinski definition) is 5. The highest BCUT2D eigenvalue weighted by Gasteiger charge is 2.27. The molecule has 7 nitrogen and oxygen atoms in total. The van der Waals surface area contributed by atoms with E-state index in [0.717, 1.165) is 64.0 Å². The summed E-state index contributed by atoms with van der Waals surface area (Å²) in [4.78, 5) is 25.7. The smallest absolute Gasteiger partial charge is 0.339 e. The van der Waals surface area contributed by atoms with Crippen molar-refractivity contribution in [2.24, 2.45) is 5.10 Å². The van der Waals surface area contributed by atoms with Gasteiger partial charge in [0.2, 0.25) is 0 Å². The lowest BCUT2D eigenvalue weighted by Gasteiger charge is -2.11. The van der Waals surface area contributed by atoms with E-state index < -0.39 is 5.97 Å². The third-order valence-electron chi connectivity index (χ3n) is 6.54. The minimum Gasteiger partial charge on any atom is -0.483 e. The summed E-state index contributed by atoms with van der Waals surface area (Å²) in [7, 11) is 0. The van der Waals surface area contributed by atoms with E-state index in [2.05, 4.69) is 10.5 Å². The van der Waals surface area contributed by atoms with Crippen molar-refractivity contribution in [1.29, 1.82) is 0 Å². The largest absolute Gasteiger partial charge is 0.483 e. The third kappa shape index (κ3) is 4.52. The Bertz CT molecular complexity index is 1490. The average molecular weight is 502 g/mol. The molecule has 5 rings (SSSR count). The summed E-state index contributed by atoms with van der Waals surface area (Å²) in [5.74, 6) is -0.610. The number of aromatic nitrogens is 1. The molecule has 1 amide bonds. The van der Waals surface area contributed by atoms with Gasteiger partial charge in [0.25, 0.3) is 5.91 Å². The number of carboxylic acid groups (broad SMARTS) is 1. The number of aromatic carboxylic acids is 1. The first-order chi connectivity index (χ1) is 17.4. The number of thiophene rings is 1. The van der Waals surface area contributed by atoms with Crippen molar-refractivity contribution in [2.75, 3.05) is 6.61 Å². The number of carbonyl (C=O) groups excluding carboxylic acids is 1. The molecule has 0 aliphatic heterocycles. The quantitative estimate of drug-likeness (QED) is 0.261. The fourth-order valence-corrected chi connectivity index (χ4v) is 6.32. The number of fused-ring (bicyclic) bond motifs is 2. The molecule has 2 aromatic carbocycles. The maximum Gasteiger partial charge on any atom is 0.339 e. The van der Waals surface area contributed by atoms with Crippen LogP contribution >= 0.6 is 11.3 Å². The van der Waals surface area contributed by atoms with Crippen LogP contribution in [0.3, 0.4) is 0 Å². The van der Waals surface area contributed by atoms with Gasteiger partial charge in [0.1, 0.15) is 10.8 Å². The number of ether oxygens (including phenoxy) is 1. The molecular formula is C28H27N3O4S. The standard InChI is InChI=1S/C28H27N3O4S/c1-17-14-20(18(2)31(17)27-26(28(33)34)22-11-5-6-13-24(22)36-27)15-29-30-25(32)16-35-23-12-7-9-19-8-3-4-10-21(19)23/h3-4,7-10,12,14-15H,5-6,11,13,16H2,1-2H3,(H,30,32)(H,33,34)/b29-15+. The molecule has 0 spiro atoms. The Balaban J connectivity index is 1.30. The number of hydrazone groups is 1. The zero-order chi connectivity index (χ0) is 25.2. The topological polar surface area (TPSA) is 92.9 Å². The predicted octanol–water partition coefficient (Wildman–Crippen LogP) is 5.41. The molecule has 36 heavy (non-hydrogen) atoms. The number of amides is 1. The molecule has 2 heterocycles. The summed E-state index contributed by atoms with van der Waals surface area (Å²) in [6, 6.07) is 15.5. The number of hydrogen-bond donors (Lipinski definition) is 2. The van der Waals surface area contributed by atoms with Crippen LogP contribution in [0.15, 0.2) is 53.6 Å². The van der Waals surface area contributed by atoms with Crippen molar-refractivity contribution in [3.8, 4) is 10.8 Å². The van der Waals surface area contributed by atoms with E-state index >= 15 is 0 Å². The van der Waals surface area contributed by atoms with Gasteiger partial charge in [-0.1, -0.05) is 36.4 Å². The lowest BCUT2D eigenvalue weighted by atomic mass is 9.95. The Kier molecular flexibility index (Phi) is 6.61. The lowest BCUT2D eigenvalue weighted by molar-refractivity contribution is -0.123. The summed E-state index contributed by atoms with van der Waals surface area (Å²) in [5.41, 5.74) is 6.52. The van der Waals surface area contributed by atoms with Gasteiger partial charge in [0, 0.05) is 27.2 Å². The normalized spacial score (nSPS) is 13.2. The Labute approximate surface area is 213 Å². The fraction of sp³-hybridized carbons (Fsp3) is 0.250. The second-order valence-electron chi connectivity index (χ2n) is 8.92. The van der Waals surface area contributed by atoms with Gasteiger partial charge in [-0.25, -0.2) is 10.2 Å². The highest BCUT2D eigenvalue weighted by atomic mass is 32.1. The van der Waals surface area contributed by atoms with E-state index in [9.17, 15) is 14.7 Å². The van der Waals surface area contributed by atoms with Crippen LogP contribution in [0, 0.1) is 13.8 Å². The van der Waals surface area contributed by atoms with E-state index in [4.69, 9.17) is 4.74 Å². The van der Waals surface area contributed by atoms with E-state index in [1.54, 1.807) is 17.6 Å². The van der Waals surface area contributed by atoms with Crippen LogP contribution in [0.25, 0.3) is 15.8 Å². The first kappa shape index (κ1) is 23.8. The predicted molar refractivity (Wildman–Crippen MR) is 142 cm³/mol. The van der Waals surface area contributed by atoms with Crippen molar-refractivity contribution < 1.29 is 19.4 Å². The van der Waals surface area contributed by atoms with Gasteiger partial charge in [0.15, 0.2) is 6.61 Å². The molecule has 0 saturated carbocycles. The van der Waals surface area contributed by atoms with Crippen molar-refractivity contribution >= 4 is 40.2 Å². The van der Waals surface area contributed by atoms with Gasteiger partial charge in [-0.3, -0.25) is 4.79 Å². The molecule has 1 aliphatic carbocycles. The summed E-state index contributed by atoms with van der Waals surface area (Å²) in [5, 5.41) is 16.8. The zero-order valence-corrected chi connectivity index (χ0v) is 21.0. The van der Waals surface area contributed by atoms with Crippen LogP contribution in [0.2, 0.25) is 0 Å². The molecular weight excluding hydrogens is 474 g/mol. The number of benzene rings is 2. The molecule has 0 atom stereocenters. The van der Waals surface area contributed by atoms with Crippen molar-refractivity contribution in [3.63, 3.8) is 0 Å². The summed E-state index contributed by atoms with van der Waals surface area (Å²) in [6.45, 7) is 3.72. The van der Waals surface area contributed by atoms with E-state index in [0.29, 0.717) is 11.3 Å². The van der Waals surface area contributed by atoms with Gasteiger partial charge >= 0.3 is 5.97 Å². The average Bonchev–Trinajstić information content (AvgIpc) is 3.38. The first-order valence-electron chi connectivity index (χ1n) is 11.9. The van der Waals surface area contributed by atoms with Crippen molar-refractivity contribution in [3.05, 3.63) is 81.5 Å². The molecule has 0 unspecified atom stereocenters. The highest BCUT2D eigenvalue weighted by Crippen LogP contribution is 2.38. The summed E-state index contributed by atoms with van der Waals surface area (Å²) >= 11 is 1.57. The second-order valence-corrected chi connectivity index (χ2v) is 10.0. The van der Waals surface area contributed by atoms with Crippen LogP contribution in [0.4, 0.5) is 0 Å². The Morgan fingerprint density at radius 1 is 1.14 bits per heavy atom. The van der Waals surface area contributed by atoms with Gasteiger partial charge in [0.05, 0.1) is 11.8 Å².